The Morgan fingerprint density at radius 2 is 2.00 bits per heavy atom. The molecule has 0 saturated heterocycles. The van der Waals surface area contributed by atoms with E-state index in [-0.39, 0.29) is 5.41 Å². The summed E-state index contributed by atoms with van der Waals surface area (Å²) in [6, 6.07) is 9.73. The highest BCUT2D eigenvalue weighted by Gasteiger charge is 2.21. The Labute approximate surface area is 128 Å². The predicted molar refractivity (Wildman–Crippen MR) is 86.6 cm³/mol. The molecule has 0 radical (unpaired) electrons. The average Bonchev–Trinajstić information content (AvgIpc) is 2.96. The second-order valence-electron chi connectivity index (χ2n) is 6.19. The van der Waals surface area contributed by atoms with Gasteiger partial charge in [-0.1, -0.05) is 32.9 Å². The Bertz CT molecular complexity index is 774. The first-order valence-electron chi connectivity index (χ1n) is 6.94. The highest BCUT2D eigenvalue weighted by atomic mass is 32.1. The number of hydrogen-bond acceptors (Lipinski definition) is 4. The van der Waals surface area contributed by atoms with E-state index in [2.05, 4.69) is 30.7 Å². The maximum Gasteiger partial charge on any atom is 0.122 e. The van der Waals surface area contributed by atoms with Crippen LogP contribution in [0.25, 0.3) is 10.9 Å². The Balaban J connectivity index is 1.96. The van der Waals surface area contributed by atoms with Crippen LogP contribution in [0.4, 0.5) is 0 Å². The van der Waals surface area contributed by atoms with Crippen LogP contribution in [-0.4, -0.2) is 15.1 Å². The van der Waals surface area contributed by atoms with E-state index in [9.17, 15) is 5.11 Å². The normalized spacial score (nSPS) is 13.5. The first-order chi connectivity index (χ1) is 9.95. The lowest BCUT2D eigenvalue weighted by Gasteiger charge is -2.14. The Morgan fingerprint density at radius 3 is 2.71 bits per heavy atom. The average molecular weight is 298 g/mol. The van der Waals surface area contributed by atoms with E-state index in [4.69, 9.17) is 0 Å². The van der Waals surface area contributed by atoms with E-state index in [1.165, 1.54) is 0 Å². The van der Waals surface area contributed by atoms with E-state index in [1.54, 1.807) is 17.5 Å². The van der Waals surface area contributed by atoms with Crippen molar-refractivity contribution in [3.8, 4) is 0 Å². The van der Waals surface area contributed by atoms with Crippen molar-refractivity contribution >= 4 is 22.2 Å². The van der Waals surface area contributed by atoms with Crippen LogP contribution < -0.4 is 0 Å². The van der Waals surface area contributed by atoms with Crippen LogP contribution in [0.15, 0.2) is 41.9 Å². The summed E-state index contributed by atoms with van der Waals surface area (Å²) in [6.45, 7) is 6.39. The number of benzene rings is 1. The van der Waals surface area contributed by atoms with Gasteiger partial charge in [0.2, 0.25) is 0 Å². The van der Waals surface area contributed by atoms with Gasteiger partial charge in [0.1, 0.15) is 6.10 Å². The van der Waals surface area contributed by atoms with E-state index >= 15 is 0 Å². The summed E-state index contributed by atoms with van der Waals surface area (Å²) >= 11 is 1.60. The maximum atomic E-state index is 10.6. The summed E-state index contributed by atoms with van der Waals surface area (Å²) in [5.41, 5.74) is 2.51. The molecule has 2 heterocycles. The molecule has 3 aromatic rings. The summed E-state index contributed by atoms with van der Waals surface area (Å²) in [7, 11) is 0. The van der Waals surface area contributed by atoms with Crippen molar-refractivity contribution in [2.45, 2.75) is 32.3 Å². The Morgan fingerprint density at radius 1 is 1.19 bits per heavy atom. The molecule has 3 nitrogen and oxygen atoms in total. The lowest BCUT2D eigenvalue weighted by atomic mass is 9.98. The van der Waals surface area contributed by atoms with Crippen molar-refractivity contribution in [2.24, 2.45) is 0 Å². The van der Waals surface area contributed by atoms with Gasteiger partial charge in [-0.2, -0.15) is 0 Å². The van der Waals surface area contributed by atoms with Crippen LogP contribution in [-0.2, 0) is 5.41 Å². The quantitative estimate of drug-likeness (QED) is 0.775. The first-order valence-corrected chi connectivity index (χ1v) is 7.82. The summed E-state index contributed by atoms with van der Waals surface area (Å²) < 4.78 is 0. The third kappa shape index (κ3) is 2.82. The molecule has 108 valence electrons. The molecule has 1 aromatic carbocycles. The van der Waals surface area contributed by atoms with Crippen molar-refractivity contribution in [1.29, 1.82) is 0 Å². The lowest BCUT2D eigenvalue weighted by molar-refractivity contribution is 0.216. The molecule has 2 aromatic heterocycles. The molecule has 3 rings (SSSR count). The zero-order valence-corrected chi connectivity index (χ0v) is 13.2. The lowest BCUT2D eigenvalue weighted by Crippen LogP contribution is -2.11. The van der Waals surface area contributed by atoms with Crippen molar-refractivity contribution in [3.63, 3.8) is 0 Å². The van der Waals surface area contributed by atoms with E-state index in [0.29, 0.717) is 5.69 Å². The molecule has 0 aliphatic heterocycles. The largest absolute Gasteiger partial charge is 0.382 e. The number of rotatable bonds is 2. The summed E-state index contributed by atoms with van der Waals surface area (Å²) in [5.74, 6) is 0. The summed E-state index contributed by atoms with van der Waals surface area (Å²) in [4.78, 5) is 8.89. The predicted octanol–water partition coefficient (Wildman–Crippen LogP) is 4.07. The number of pyridine rings is 1. The zero-order chi connectivity index (χ0) is 15.0. The highest BCUT2D eigenvalue weighted by molar-refractivity contribution is 7.09. The molecular weight excluding hydrogens is 280 g/mol. The highest BCUT2D eigenvalue weighted by Crippen LogP contribution is 2.30. The molecule has 0 saturated carbocycles. The molecule has 0 bridgehead atoms. The maximum absolute atomic E-state index is 10.6. The third-order valence-electron chi connectivity index (χ3n) is 3.39. The molecule has 1 N–H and O–H groups in total. The van der Waals surface area contributed by atoms with Gasteiger partial charge in [-0.25, -0.2) is 4.98 Å². The molecular formula is C17H18N2OS. The second kappa shape index (κ2) is 5.20. The Kier molecular flexibility index (Phi) is 3.51. The van der Waals surface area contributed by atoms with Gasteiger partial charge in [0.25, 0.3) is 0 Å². The fourth-order valence-corrected chi connectivity index (χ4v) is 3.12. The number of aromatic nitrogens is 2. The number of thiazole rings is 1. The minimum atomic E-state index is -0.693. The van der Waals surface area contributed by atoms with Gasteiger partial charge < -0.3 is 5.11 Å². The molecule has 1 atom stereocenters. The minimum Gasteiger partial charge on any atom is -0.382 e. The van der Waals surface area contributed by atoms with Crippen LogP contribution in [0.1, 0.15) is 43.1 Å². The molecule has 0 fully saturated rings. The van der Waals surface area contributed by atoms with Gasteiger partial charge in [-0.15, -0.1) is 11.3 Å². The van der Waals surface area contributed by atoms with Gasteiger partial charge in [0, 0.05) is 22.4 Å². The van der Waals surface area contributed by atoms with E-state index in [0.717, 1.165) is 21.5 Å². The van der Waals surface area contributed by atoms with Gasteiger partial charge in [0.05, 0.1) is 16.2 Å². The molecule has 0 aliphatic rings. The van der Waals surface area contributed by atoms with Crippen molar-refractivity contribution in [2.75, 3.05) is 0 Å². The number of aliphatic hydroxyl groups is 1. The van der Waals surface area contributed by atoms with E-state index < -0.39 is 6.10 Å². The van der Waals surface area contributed by atoms with Gasteiger partial charge >= 0.3 is 0 Å². The van der Waals surface area contributed by atoms with Gasteiger partial charge in [-0.3, -0.25) is 4.98 Å². The van der Waals surface area contributed by atoms with Crippen LogP contribution >= 0.6 is 11.3 Å². The second-order valence-corrected chi connectivity index (χ2v) is 7.04. The third-order valence-corrected chi connectivity index (χ3v) is 4.67. The smallest absolute Gasteiger partial charge is 0.122 e. The molecule has 21 heavy (non-hydrogen) atoms. The van der Waals surface area contributed by atoms with Gasteiger partial charge in [0.15, 0.2) is 0 Å². The standard InChI is InChI=1S/C17H18N2OS/c1-17(2,3)16-19-14(10-21-16)15(20)12-6-7-13-11(9-12)5-4-8-18-13/h4-10,15,20H,1-3H3. The zero-order valence-electron chi connectivity index (χ0n) is 12.4. The first kappa shape index (κ1) is 14.2. The topological polar surface area (TPSA) is 46.0 Å². The van der Waals surface area contributed by atoms with Crippen LogP contribution in [0.5, 0.6) is 0 Å². The molecule has 0 spiro atoms. The van der Waals surface area contributed by atoms with Crippen LogP contribution in [0.2, 0.25) is 0 Å². The fraction of sp³-hybridized carbons (Fsp3) is 0.294. The van der Waals surface area contributed by atoms with E-state index in [1.807, 2.05) is 35.7 Å². The summed E-state index contributed by atoms with van der Waals surface area (Å²) in [6.07, 6.45) is 1.08. The molecule has 0 aliphatic carbocycles. The SMILES string of the molecule is CC(C)(C)c1nc(C(O)c2ccc3ncccc3c2)cs1. The van der Waals surface area contributed by atoms with Crippen LogP contribution in [0.3, 0.4) is 0 Å². The monoisotopic (exact) mass is 298 g/mol. The molecule has 4 heteroatoms. The van der Waals surface area contributed by atoms with Crippen molar-refractivity contribution in [3.05, 3.63) is 58.2 Å². The number of fused-ring (bicyclic) bond motifs is 1. The minimum absolute atomic E-state index is 0.00986. The number of hydrogen-bond donors (Lipinski definition) is 1. The Hall–Kier alpha value is -1.78. The molecule has 1 unspecified atom stereocenters. The fourth-order valence-electron chi connectivity index (χ4n) is 2.19. The molecule has 0 amide bonds. The summed E-state index contributed by atoms with van der Waals surface area (Å²) in [5, 5.41) is 14.6. The van der Waals surface area contributed by atoms with Crippen molar-refractivity contribution in [1.82, 2.24) is 9.97 Å². The van der Waals surface area contributed by atoms with Crippen LogP contribution in [0, 0.1) is 0 Å². The number of nitrogens with zero attached hydrogens (tertiary/aromatic N) is 2. The van der Waals surface area contributed by atoms with Gasteiger partial charge in [-0.05, 0) is 23.8 Å². The number of aliphatic hydroxyl groups excluding tert-OH is 1. The van der Waals surface area contributed by atoms with Crippen molar-refractivity contribution < 1.29 is 5.11 Å².